The van der Waals surface area contributed by atoms with Crippen LogP contribution in [0.1, 0.15) is 78.9 Å². The summed E-state index contributed by atoms with van der Waals surface area (Å²) in [7, 11) is 0. The monoisotopic (exact) mass is 560 g/mol. The normalized spacial score (nSPS) is 19.2. The standard InChI is InChI=1S/C34H36N6O2/c1-19-30(20(2)39-38-19)23-8-11-26(12-9-23)36-32(41)31(37-33(42)34(3)14-15-34)27-13-10-22-6-7-24(16-28(22)27)29-17-25(18-35-40-29)21-4-5-21/h6-9,11-12,16-18,21,27,31H,4-5,10,13-15H2,1-3H3,(H,36,41)(H,37,42)(H,38,39)/t27-,31+/m1/s1. The van der Waals surface area contributed by atoms with Crippen LogP contribution in [0.3, 0.4) is 0 Å². The Kier molecular flexibility index (Phi) is 6.44. The van der Waals surface area contributed by atoms with Crippen LogP contribution in [0.15, 0.2) is 54.7 Å². The molecule has 3 N–H and O–H groups in total. The molecule has 8 heteroatoms. The lowest BCUT2D eigenvalue weighted by molar-refractivity contribution is -0.130. The van der Waals surface area contributed by atoms with Crippen molar-refractivity contribution in [3.63, 3.8) is 0 Å². The molecular formula is C34H36N6O2. The maximum atomic E-state index is 13.9. The molecular weight excluding hydrogens is 524 g/mol. The summed E-state index contributed by atoms with van der Waals surface area (Å²) in [6, 6.07) is 15.7. The highest BCUT2D eigenvalue weighted by molar-refractivity contribution is 5.99. The smallest absolute Gasteiger partial charge is 0.247 e. The van der Waals surface area contributed by atoms with Crippen molar-refractivity contribution < 1.29 is 9.59 Å². The number of carbonyl (C=O) groups is 2. The second-order valence-corrected chi connectivity index (χ2v) is 12.6. The fraction of sp³-hybridized carbons (Fsp3) is 0.382. The third-order valence-corrected chi connectivity index (χ3v) is 9.38. The minimum atomic E-state index is -0.687. The van der Waals surface area contributed by atoms with E-state index < -0.39 is 6.04 Å². The number of aromatic amines is 1. The van der Waals surface area contributed by atoms with E-state index in [1.807, 2.05) is 51.2 Å². The third kappa shape index (κ3) is 4.99. The zero-order chi connectivity index (χ0) is 29.0. The van der Waals surface area contributed by atoms with E-state index in [0.717, 1.165) is 65.0 Å². The molecule has 2 saturated carbocycles. The van der Waals surface area contributed by atoms with Gasteiger partial charge in [-0.2, -0.15) is 15.3 Å². The number of H-pyrrole nitrogens is 1. The Morgan fingerprint density at radius 2 is 1.76 bits per heavy atom. The molecule has 0 aliphatic heterocycles. The van der Waals surface area contributed by atoms with Crippen LogP contribution in [0.25, 0.3) is 22.4 Å². The average molecular weight is 561 g/mol. The number of nitrogens with zero attached hydrogens (tertiary/aromatic N) is 3. The number of fused-ring (bicyclic) bond motifs is 1. The van der Waals surface area contributed by atoms with Crippen LogP contribution in [-0.4, -0.2) is 38.3 Å². The third-order valence-electron chi connectivity index (χ3n) is 9.38. The number of anilines is 1. The molecule has 0 spiro atoms. The Hall–Kier alpha value is -4.33. The quantitative estimate of drug-likeness (QED) is 0.245. The first-order valence-electron chi connectivity index (χ1n) is 15.0. The molecule has 214 valence electrons. The van der Waals surface area contributed by atoms with Gasteiger partial charge in [-0.1, -0.05) is 31.2 Å². The number of benzene rings is 2. The van der Waals surface area contributed by atoms with Gasteiger partial charge >= 0.3 is 0 Å². The second kappa shape index (κ2) is 10.2. The fourth-order valence-corrected chi connectivity index (χ4v) is 6.30. The van der Waals surface area contributed by atoms with Gasteiger partial charge < -0.3 is 10.6 Å². The van der Waals surface area contributed by atoms with Crippen molar-refractivity contribution in [1.82, 2.24) is 25.7 Å². The molecule has 2 aromatic carbocycles. The zero-order valence-corrected chi connectivity index (χ0v) is 24.3. The lowest BCUT2D eigenvalue weighted by Gasteiger charge is -2.26. The number of aromatic nitrogens is 4. The van der Waals surface area contributed by atoms with Crippen LogP contribution >= 0.6 is 0 Å². The molecule has 2 atom stereocenters. The van der Waals surface area contributed by atoms with Crippen LogP contribution in [0.5, 0.6) is 0 Å². The summed E-state index contributed by atoms with van der Waals surface area (Å²) in [5, 5.41) is 22.3. The first kappa shape index (κ1) is 26.6. The maximum absolute atomic E-state index is 13.9. The summed E-state index contributed by atoms with van der Waals surface area (Å²) in [4.78, 5) is 27.2. The molecule has 8 nitrogen and oxygen atoms in total. The van der Waals surface area contributed by atoms with E-state index in [9.17, 15) is 9.59 Å². The summed E-state index contributed by atoms with van der Waals surface area (Å²) < 4.78 is 0. The summed E-state index contributed by atoms with van der Waals surface area (Å²) in [5.74, 6) is 0.211. The highest BCUT2D eigenvalue weighted by Crippen LogP contribution is 2.46. The number of carbonyl (C=O) groups excluding carboxylic acids is 2. The highest BCUT2D eigenvalue weighted by Gasteiger charge is 2.47. The van der Waals surface area contributed by atoms with Gasteiger partial charge in [0.15, 0.2) is 0 Å². The van der Waals surface area contributed by atoms with E-state index in [2.05, 4.69) is 55.3 Å². The van der Waals surface area contributed by atoms with Crippen molar-refractivity contribution in [2.75, 3.05) is 5.32 Å². The van der Waals surface area contributed by atoms with Crippen molar-refractivity contribution in [2.24, 2.45) is 5.41 Å². The Morgan fingerprint density at radius 1 is 1.00 bits per heavy atom. The van der Waals surface area contributed by atoms with Crippen LogP contribution in [0.2, 0.25) is 0 Å². The van der Waals surface area contributed by atoms with E-state index >= 15 is 0 Å². The molecule has 2 aromatic heterocycles. The van der Waals surface area contributed by atoms with Crippen molar-refractivity contribution in [2.45, 2.75) is 77.2 Å². The molecule has 0 unspecified atom stereocenters. The number of rotatable bonds is 8. The largest absolute Gasteiger partial charge is 0.343 e. The lowest BCUT2D eigenvalue weighted by Crippen LogP contribution is -2.49. The molecule has 2 amide bonds. The van der Waals surface area contributed by atoms with Gasteiger partial charge in [-0.15, -0.1) is 0 Å². The summed E-state index contributed by atoms with van der Waals surface area (Å²) >= 11 is 0. The van der Waals surface area contributed by atoms with E-state index in [1.165, 1.54) is 24.0 Å². The van der Waals surface area contributed by atoms with Gasteiger partial charge in [0.1, 0.15) is 6.04 Å². The molecule has 7 rings (SSSR count). The SMILES string of the molecule is Cc1n[nH]c(C)c1-c1ccc(NC(=O)[C@@H](NC(=O)C2(C)CC2)[C@@H]2CCc3ccc(-c4cc(C5CC5)cnn4)cc32)cc1. The molecule has 42 heavy (non-hydrogen) atoms. The lowest BCUT2D eigenvalue weighted by atomic mass is 9.90. The van der Waals surface area contributed by atoms with Crippen LogP contribution in [0.4, 0.5) is 5.69 Å². The number of hydrogen-bond acceptors (Lipinski definition) is 5. The Morgan fingerprint density at radius 3 is 2.45 bits per heavy atom. The molecule has 2 fully saturated rings. The van der Waals surface area contributed by atoms with Gasteiger partial charge in [0, 0.05) is 33.8 Å². The molecule has 3 aliphatic rings. The zero-order valence-electron chi connectivity index (χ0n) is 24.3. The topological polar surface area (TPSA) is 113 Å². The van der Waals surface area contributed by atoms with E-state index in [1.54, 1.807) is 0 Å². The molecule has 2 heterocycles. The minimum absolute atomic E-state index is 0.0449. The van der Waals surface area contributed by atoms with E-state index in [-0.39, 0.29) is 23.1 Å². The van der Waals surface area contributed by atoms with Crippen LogP contribution in [0, 0.1) is 19.3 Å². The van der Waals surface area contributed by atoms with E-state index in [0.29, 0.717) is 11.6 Å². The predicted octanol–water partition coefficient (Wildman–Crippen LogP) is 5.98. The Labute approximate surface area is 245 Å². The average Bonchev–Trinajstić information content (AvgIpc) is 3.92. The first-order valence-corrected chi connectivity index (χ1v) is 15.0. The summed E-state index contributed by atoms with van der Waals surface area (Å²) in [6.45, 7) is 5.95. The maximum Gasteiger partial charge on any atom is 0.247 e. The number of amides is 2. The van der Waals surface area contributed by atoms with Crippen molar-refractivity contribution in [3.05, 3.63) is 82.8 Å². The Bertz CT molecular complexity index is 1660. The first-order chi connectivity index (χ1) is 20.3. The number of hydrogen-bond donors (Lipinski definition) is 3. The van der Waals surface area contributed by atoms with Gasteiger partial charge in [-0.3, -0.25) is 14.7 Å². The van der Waals surface area contributed by atoms with Crippen LogP contribution in [-0.2, 0) is 16.0 Å². The van der Waals surface area contributed by atoms with E-state index in [4.69, 9.17) is 0 Å². The van der Waals surface area contributed by atoms with Gasteiger partial charge in [0.05, 0.1) is 17.6 Å². The second-order valence-electron chi connectivity index (χ2n) is 12.6. The van der Waals surface area contributed by atoms with Gasteiger partial charge in [-0.05, 0) is 105 Å². The Balaban J connectivity index is 1.17. The number of nitrogens with one attached hydrogen (secondary N) is 3. The highest BCUT2D eigenvalue weighted by atomic mass is 16.2. The molecule has 0 radical (unpaired) electrons. The minimum Gasteiger partial charge on any atom is -0.343 e. The predicted molar refractivity (Wildman–Crippen MR) is 162 cm³/mol. The summed E-state index contributed by atoms with van der Waals surface area (Å²) in [5.41, 5.74) is 9.77. The molecule has 4 aromatic rings. The number of aryl methyl sites for hydroxylation is 3. The van der Waals surface area contributed by atoms with Crippen molar-refractivity contribution >= 4 is 17.5 Å². The van der Waals surface area contributed by atoms with Crippen molar-refractivity contribution in [1.29, 1.82) is 0 Å². The summed E-state index contributed by atoms with van der Waals surface area (Å²) in [6.07, 6.45) is 7.64. The molecule has 0 bridgehead atoms. The molecule has 3 aliphatic carbocycles. The molecule has 0 saturated heterocycles. The van der Waals surface area contributed by atoms with Gasteiger partial charge in [0.25, 0.3) is 0 Å². The van der Waals surface area contributed by atoms with Gasteiger partial charge in [-0.25, -0.2) is 0 Å². The van der Waals surface area contributed by atoms with Crippen molar-refractivity contribution in [3.8, 4) is 22.4 Å². The fourth-order valence-electron chi connectivity index (χ4n) is 6.30. The van der Waals surface area contributed by atoms with Gasteiger partial charge in [0.2, 0.25) is 11.8 Å². The van der Waals surface area contributed by atoms with Crippen LogP contribution < -0.4 is 10.6 Å².